The van der Waals surface area contributed by atoms with E-state index >= 15 is 0 Å². The first-order chi connectivity index (χ1) is 11.6. The predicted molar refractivity (Wildman–Crippen MR) is 87.0 cm³/mol. The summed E-state index contributed by atoms with van der Waals surface area (Å²) in [5, 5.41) is 11.7. The van der Waals surface area contributed by atoms with Crippen LogP contribution in [0.25, 0.3) is 0 Å². The Hall–Kier alpha value is -2.24. The van der Waals surface area contributed by atoms with Gasteiger partial charge in [-0.2, -0.15) is 0 Å². The smallest absolute Gasteiger partial charge is 0.307 e. The Kier molecular flexibility index (Phi) is 4.92. The van der Waals surface area contributed by atoms with Crippen molar-refractivity contribution in [2.75, 3.05) is 7.11 Å². The van der Waals surface area contributed by atoms with Crippen LogP contribution in [0.5, 0.6) is 11.5 Å². The highest BCUT2D eigenvalue weighted by atomic mass is 16.5. The van der Waals surface area contributed by atoms with E-state index in [1.165, 1.54) is 12.8 Å². The molecular formula is C18H23NO5. The summed E-state index contributed by atoms with van der Waals surface area (Å²) >= 11 is 0. The number of carbonyl (C=O) groups is 2. The molecule has 6 nitrogen and oxygen atoms in total. The van der Waals surface area contributed by atoms with E-state index in [0.717, 1.165) is 18.4 Å². The maximum atomic E-state index is 11.9. The molecule has 2 atom stereocenters. The monoisotopic (exact) mass is 333 g/mol. The van der Waals surface area contributed by atoms with Crippen molar-refractivity contribution in [1.82, 2.24) is 5.32 Å². The fourth-order valence-electron chi connectivity index (χ4n) is 3.19. The number of hydrogen-bond donors (Lipinski definition) is 2. The number of carboxylic acids is 1. The molecule has 2 N–H and O–H groups in total. The Morgan fingerprint density at radius 3 is 2.58 bits per heavy atom. The molecule has 0 saturated heterocycles. The molecule has 2 saturated carbocycles. The first kappa shape index (κ1) is 16.6. The van der Waals surface area contributed by atoms with Crippen LogP contribution in [-0.4, -0.2) is 30.2 Å². The lowest BCUT2D eigenvalue weighted by Gasteiger charge is -2.17. The number of carbonyl (C=O) groups excluding carboxylic acids is 1. The number of hydrogen-bond acceptors (Lipinski definition) is 4. The first-order valence-electron chi connectivity index (χ1n) is 8.42. The van der Waals surface area contributed by atoms with Gasteiger partial charge in [-0.15, -0.1) is 0 Å². The van der Waals surface area contributed by atoms with E-state index in [2.05, 4.69) is 5.32 Å². The van der Waals surface area contributed by atoms with Gasteiger partial charge in [0, 0.05) is 6.54 Å². The summed E-state index contributed by atoms with van der Waals surface area (Å²) in [6.07, 6.45) is 5.15. The number of ether oxygens (including phenoxy) is 2. The highest BCUT2D eigenvalue weighted by Crippen LogP contribution is 2.38. The molecule has 0 heterocycles. The summed E-state index contributed by atoms with van der Waals surface area (Å²) in [6, 6.07) is 5.60. The molecular weight excluding hydrogens is 310 g/mol. The van der Waals surface area contributed by atoms with Crippen LogP contribution in [0.15, 0.2) is 18.2 Å². The molecule has 2 fully saturated rings. The fraction of sp³-hybridized carbons (Fsp3) is 0.556. The lowest BCUT2D eigenvalue weighted by molar-refractivity contribution is -0.140. The van der Waals surface area contributed by atoms with Gasteiger partial charge in [0.15, 0.2) is 11.5 Å². The van der Waals surface area contributed by atoms with E-state index in [0.29, 0.717) is 24.5 Å². The van der Waals surface area contributed by atoms with Gasteiger partial charge in [0.1, 0.15) is 0 Å². The van der Waals surface area contributed by atoms with Crippen LogP contribution >= 0.6 is 0 Å². The van der Waals surface area contributed by atoms with Gasteiger partial charge < -0.3 is 19.9 Å². The number of aliphatic carboxylic acids is 1. The third-order valence-electron chi connectivity index (χ3n) is 4.74. The number of methoxy groups -OCH3 is 1. The summed E-state index contributed by atoms with van der Waals surface area (Å²) in [7, 11) is 1.61. The zero-order valence-corrected chi connectivity index (χ0v) is 13.8. The molecule has 0 unspecified atom stereocenters. The predicted octanol–water partition coefficient (Wildman–Crippen LogP) is 2.35. The average molecular weight is 333 g/mol. The molecule has 1 aromatic carbocycles. The number of carboxylic acid groups (broad SMARTS) is 1. The van der Waals surface area contributed by atoms with Crippen molar-refractivity contribution >= 4 is 11.9 Å². The molecule has 6 heteroatoms. The van der Waals surface area contributed by atoms with Crippen molar-refractivity contribution in [2.24, 2.45) is 11.8 Å². The molecule has 3 rings (SSSR count). The zero-order chi connectivity index (χ0) is 17.1. The van der Waals surface area contributed by atoms with Gasteiger partial charge in [0.05, 0.1) is 25.0 Å². The van der Waals surface area contributed by atoms with Crippen molar-refractivity contribution in [3.63, 3.8) is 0 Å². The standard InChI is InChI=1S/C18H23NO5/c1-23-15-7-6-11(8-16(15)24-12-4-2-3-5-12)10-19-17(20)13-9-14(13)18(21)22/h6-8,12-14H,2-5,9-10H2,1H3,(H,19,20)(H,21,22)/t13-,14-/m1/s1. The molecule has 2 aliphatic rings. The first-order valence-corrected chi connectivity index (χ1v) is 8.42. The Morgan fingerprint density at radius 1 is 1.21 bits per heavy atom. The van der Waals surface area contributed by atoms with E-state index in [4.69, 9.17) is 14.6 Å². The Bertz CT molecular complexity index is 624. The number of amides is 1. The molecule has 1 aromatic rings. The minimum absolute atomic E-state index is 0.198. The maximum Gasteiger partial charge on any atom is 0.307 e. The summed E-state index contributed by atoms with van der Waals surface area (Å²) in [5.74, 6) is -0.628. The molecule has 0 spiro atoms. The minimum atomic E-state index is -0.896. The van der Waals surface area contributed by atoms with Crippen molar-refractivity contribution in [3.8, 4) is 11.5 Å². The second-order valence-corrected chi connectivity index (χ2v) is 6.51. The summed E-state index contributed by atoms with van der Waals surface area (Å²) in [5.41, 5.74) is 0.907. The third kappa shape index (κ3) is 3.80. The van der Waals surface area contributed by atoms with E-state index in [-0.39, 0.29) is 12.0 Å². The third-order valence-corrected chi connectivity index (χ3v) is 4.74. The maximum absolute atomic E-state index is 11.9. The van der Waals surface area contributed by atoms with Crippen LogP contribution in [0, 0.1) is 11.8 Å². The molecule has 1 amide bonds. The van der Waals surface area contributed by atoms with Crippen LogP contribution in [0.1, 0.15) is 37.7 Å². The average Bonchev–Trinajstić information content (AvgIpc) is 3.23. The van der Waals surface area contributed by atoms with E-state index < -0.39 is 17.8 Å². The number of benzene rings is 1. The van der Waals surface area contributed by atoms with E-state index in [9.17, 15) is 9.59 Å². The highest BCUT2D eigenvalue weighted by molar-refractivity contribution is 5.89. The molecule has 0 bridgehead atoms. The van der Waals surface area contributed by atoms with Gasteiger partial charge in [-0.1, -0.05) is 6.07 Å². The van der Waals surface area contributed by atoms with Crippen LogP contribution in [0.2, 0.25) is 0 Å². The normalized spacial score (nSPS) is 22.9. The quantitative estimate of drug-likeness (QED) is 0.800. The molecule has 130 valence electrons. The summed E-state index contributed by atoms with van der Waals surface area (Å²) in [6.45, 7) is 0.354. The van der Waals surface area contributed by atoms with Crippen LogP contribution in [-0.2, 0) is 16.1 Å². The van der Waals surface area contributed by atoms with Gasteiger partial charge >= 0.3 is 5.97 Å². The molecule has 0 radical (unpaired) electrons. The molecule has 2 aliphatic carbocycles. The molecule has 0 aromatic heterocycles. The van der Waals surface area contributed by atoms with Crippen LogP contribution in [0.4, 0.5) is 0 Å². The Balaban J connectivity index is 1.59. The molecule has 24 heavy (non-hydrogen) atoms. The second-order valence-electron chi connectivity index (χ2n) is 6.51. The van der Waals surface area contributed by atoms with Gasteiger partial charge in [-0.05, 0) is 49.8 Å². The number of nitrogens with one attached hydrogen (secondary N) is 1. The zero-order valence-electron chi connectivity index (χ0n) is 13.8. The lowest BCUT2D eigenvalue weighted by Crippen LogP contribution is -2.26. The van der Waals surface area contributed by atoms with Crippen molar-refractivity contribution in [2.45, 2.75) is 44.8 Å². The van der Waals surface area contributed by atoms with Crippen LogP contribution < -0.4 is 14.8 Å². The van der Waals surface area contributed by atoms with Crippen molar-refractivity contribution in [1.29, 1.82) is 0 Å². The van der Waals surface area contributed by atoms with Crippen molar-refractivity contribution in [3.05, 3.63) is 23.8 Å². The minimum Gasteiger partial charge on any atom is -0.493 e. The second kappa shape index (κ2) is 7.11. The van der Waals surface area contributed by atoms with Crippen molar-refractivity contribution < 1.29 is 24.2 Å². The fourth-order valence-corrected chi connectivity index (χ4v) is 3.19. The lowest BCUT2D eigenvalue weighted by atomic mass is 10.2. The van der Waals surface area contributed by atoms with E-state index in [1.807, 2.05) is 18.2 Å². The topological polar surface area (TPSA) is 84.9 Å². The van der Waals surface area contributed by atoms with Gasteiger partial charge in [0.25, 0.3) is 0 Å². The van der Waals surface area contributed by atoms with Gasteiger partial charge in [-0.3, -0.25) is 9.59 Å². The summed E-state index contributed by atoms with van der Waals surface area (Å²) < 4.78 is 11.4. The summed E-state index contributed by atoms with van der Waals surface area (Å²) in [4.78, 5) is 22.8. The Labute approximate surface area is 141 Å². The van der Waals surface area contributed by atoms with Gasteiger partial charge in [-0.25, -0.2) is 0 Å². The molecule has 0 aliphatic heterocycles. The highest BCUT2D eigenvalue weighted by Gasteiger charge is 2.48. The largest absolute Gasteiger partial charge is 0.493 e. The van der Waals surface area contributed by atoms with Gasteiger partial charge in [0.2, 0.25) is 5.91 Å². The SMILES string of the molecule is COc1ccc(CNC(=O)[C@@H]2C[C@H]2C(=O)O)cc1OC1CCCC1. The van der Waals surface area contributed by atoms with E-state index in [1.54, 1.807) is 7.11 Å². The van der Waals surface area contributed by atoms with Crippen LogP contribution in [0.3, 0.4) is 0 Å². The Morgan fingerprint density at radius 2 is 1.96 bits per heavy atom. The number of rotatable bonds is 7.